The van der Waals surface area contributed by atoms with Gasteiger partial charge in [-0.05, 0) is 17.8 Å². The van der Waals surface area contributed by atoms with Crippen LogP contribution in [0.25, 0.3) is 0 Å². The first-order valence-corrected chi connectivity index (χ1v) is 10.1. The van der Waals surface area contributed by atoms with Gasteiger partial charge in [-0.1, -0.05) is 20.8 Å². The smallest absolute Gasteiger partial charge is 0.338 e. The van der Waals surface area contributed by atoms with Crippen molar-refractivity contribution in [2.75, 3.05) is 0 Å². The zero-order chi connectivity index (χ0) is 20.7. The van der Waals surface area contributed by atoms with Crippen molar-refractivity contribution in [1.29, 1.82) is 0 Å². The van der Waals surface area contributed by atoms with Crippen molar-refractivity contribution in [2.24, 2.45) is 28.1 Å². The van der Waals surface area contributed by atoms with Gasteiger partial charge in [-0.3, -0.25) is 9.59 Å². The summed E-state index contributed by atoms with van der Waals surface area (Å²) in [6, 6.07) is 0. The Morgan fingerprint density at radius 2 is 1.76 bits per heavy atom. The van der Waals surface area contributed by atoms with Crippen LogP contribution in [0, 0.1) is 28.1 Å². The Balaban J connectivity index is 1.68. The van der Waals surface area contributed by atoms with Gasteiger partial charge in [-0.2, -0.15) is 0 Å². The minimum Gasteiger partial charge on any atom is -0.461 e. The highest BCUT2D eigenvalue weighted by atomic mass is 16.7. The van der Waals surface area contributed by atoms with Gasteiger partial charge in [0.1, 0.15) is 23.9 Å². The van der Waals surface area contributed by atoms with Gasteiger partial charge in [0.2, 0.25) is 6.29 Å². The zero-order valence-corrected chi connectivity index (χ0v) is 16.4. The minimum absolute atomic E-state index is 0.00347. The molecule has 158 valence electrons. The van der Waals surface area contributed by atoms with Crippen molar-refractivity contribution in [3.05, 3.63) is 0 Å². The molecule has 4 saturated heterocycles. The van der Waals surface area contributed by atoms with Gasteiger partial charge in [0.25, 0.3) is 0 Å². The molecule has 2 N–H and O–H groups in total. The zero-order valence-electron chi connectivity index (χ0n) is 16.4. The van der Waals surface area contributed by atoms with Crippen LogP contribution in [0.15, 0.2) is 0 Å². The lowest BCUT2D eigenvalue weighted by Crippen LogP contribution is -2.67. The molecular weight excluding hydrogens is 384 g/mol. The maximum atomic E-state index is 12.6. The van der Waals surface area contributed by atoms with Crippen molar-refractivity contribution in [2.45, 2.75) is 76.3 Å². The molecule has 29 heavy (non-hydrogen) atoms. The van der Waals surface area contributed by atoms with Crippen LogP contribution in [0.4, 0.5) is 0 Å². The Morgan fingerprint density at radius 1 is 1.03 bits per heavy atom. The third-order valence-electron chi connectivity index (χ3n) is 8.71. The maximum absolute atomic E-state index is 12.6. The van der Waals surface area contributed by atoms with Gasteiger partial charge in [0.15, 0.2) is 6.10 Å². The van der Waals surface area contributed by atoms with Gasteiger partial charge in [-0.15, -0.1) is 0 Å². The van der Waals surface area contributed by atoms with E-state index >= 15 is 0 Å². The fraction of sp³-hybridized carbons (Fsp3) is 0.850. The predicted molar refractivity (Wildman–Crippen MR) is 90.6 cm³/mol. The second-order valence-corrected chi connectivity index (χ2v) is 10.5. The molecule has 6 aliphatic rings. The highest BCUT2D eigenvalue weighted by molar-refractivity contribution is 5.82. The van der Waals surface area contributed by atoms with Crippen LogP contribution in [-0.4, -0.2) is 64.4 Å². The second kappa shape index (κ2) is 4.78. The van der Waals surface area contributed by atoms with Crippen LogP contribution in [0.2, 0.25) is 0 Å². The Labute approximate surface area is 166 Å². The first-order chi connectivity index (χ1) is 13.5. The average Bonchev–Trinajstić information content (AvgIpc) is 3.31. The molecule has 10 unspecified atom stereocenters. The Hall–Kier alpha value is -1.71. The number of aliphatic hydroxyl groups excluding tert-OH is 2. The van der Waals surface area contributed by atoms with Crippen molar-refractivity contribution in [3.63, 3.8) is 0 Å². The van der Waals surface area contributed by atoms with Crippen LogP contribution in [0.1, 0.15) is 40.0 Å². The van der Waals surface area contributed by atoms with Crippen LogP contribution in [0.5, 0.6) is 0 Å². The summed E-state index contributed by atoms with van der Waals surface area (Å²) in [4.78, 5) is 37.3. The number of esters is 3. The molecule has 0 radical (unpaired) electrons. The normalized spacial score (nSPS) is 57.0. The number of carbonyl (C=O) groups excluding carboxylic acids is 3. The van der Waals surface area contributed by atoms with E-state index in [2.05, 4.69) is 0 Å². The van der Waals surface area contributed by atoms with Crippen LogP contribution in [0.3, 0.4) is 0 Å². The van der Waals surface area contributed by atoms with E-state index in [9.17, 15) is 24.6 Å². The van der Waals surface area contributed by atoms with Crippen LogP contribution >= 0.6 is 0 Å². The van der Waals surface area contributed by atoms with E-state index in [4.69, 9.17) is 18.9 Å². The van der Waals surface area contributed by atoms with Crippen molar-refractivity contribution >= 4 is 17.9 Å². The number of carbonyl (C=O) groups is 3. The molecular formula is C20H24O9. The third kappa shape index (κ3) is 1.54. The van der Waals surface area contributed by atoms with E-state index in [0.29, 0.717) is 6.42 Å². The molecule has 2 spiro atoms. The summed E-state index contributed by atoms with van der Waals surface area (Å²) < 4.78 is 23.1. The highest BCUT2D eigenvalue weighted by Crippen LogP contribution is 2.82. The van der Waals surface area contributed by atoms with E-state index in [0.717, 1.165) is 0 Å². The molecule has 10 atom stereocenters. The quantitative estimate of drug-likeness (QED) is 0.408. The monoisotopic (exact) mass is 408 g/mol. The molecule has 6 rings (SSSR count). The van der Waals surface area contributed by atoms with Gasteiger partial charge in [-0.25, -0.2) is 4.79 Å². The summed E-state index contributed by atoms with van der Waals surface area (Å²) in [7, 11) is 0. The van der Waals surface area contributed by atoms with Crippen molar-refractivity contribution in [1.82, 2.24) is 0 Å². The second-order valence-electron chi connectivity index (χ2n) is 10.5. The molecule has 9 heteroatoms. The molecule has 0 aromatic rings. The minimum atomic E-state index is -1.54. The lowest BCUT2D eigenvalue weighted by Gasteiger charge is -2.52. The molecule has 0 bridgehead atoms. The standard InChI is InChI=1S/C20H24O9/c1-17(2,3)8-5-9-20-13(23)12-7(4-10(21)27-12)18(20,6-11(22)26-9)29-16-19(8,20)14(24)15(25)28-16/h7-9,12-14,16,23-24H,4-6H2,1-3H3. The Bertz CT molecular complexity index is 863. The molecule has 9 nitrogen and oxygen atoms in total. The molecule has 0 aromatic heterocycles. The number of rotatable bonds is 0. The lowest BCUT2D eigenvalue weighted by atomic mass is 9.50. The Kier molecular flexibility index (Phi) is 2.98. The van der Waals surface area contributed by atoms with Crippen molar-refractivity contribution < 1.29 is 43.5 Å². The molecule has 4 heterocycles. The summed E-state index contributed by atoms with van der Waals surface area (Å²) in [5.74, 6) is -2.67. The number of ether oxygens (including phenoxy) is 4. The van der Waals surface area contributed by atoms with Gasteiger partial charge >= 0.3 is 17.9 Å². The lowest BCUT2D eigenvalue weighted by molar-refractivity contribution is -0.233. The van der Waals surface area contributed by atoms with E-state index in [-0.39, 0.29) is 18.8 Å². The molecule has 2 saturated carbocycles. The van der Waals surface area contributed by atoms with Gasteiger partial charge in [0.05, 0.1) is 23.7 Å². The Morgan fingerprint density at radius 3 is 2.45 bits per heavy atom. The number of aliphatic hydroxyl groups is 2. The first-order valence-electron chi connectivity index (χ1n) is 10.1. The summed E-state index contributed by atoms with van der Waals surface area (Å²) in [5.41, 5.74) is -4.31. The van der Waals surface area contributed by atoms with E-state index in [1.807, 2.05) is 20.8 Å². The van der Waals surface area contributed by atoms with E-state index in [1.165, 1.54) is 0 Å². The summed E-state index contributed by atoms with van der Waals surface area (Å²) >= 11 is 0. The molecule has 0 aromatic carbocycles. The van der Waals surface area contributed by atoms with E-state index in [1.54, 1.807) is 0 Å². The maximum Gasteiger partial charge on any atom is 0.338 e. The van der Waals surface area contributed by atoms with Crippen molar-refractivity contribution in [3.8, 4) is 0 Å². The first kappa shape index (κ1) is 18.1. The highest BCUT2D eigenvalue weighted by Gasteiger charge is 2.96. The molecule has 0 amide bonds. The topological polar surface area (TPSA) is 129 Å². The third-order valence-corrected chi connectivity index (χ3v) is 8.71. The molecule has 6 fully saturated rings. The fourth-order valence-electron chi connectivity index (χ4n) is 8.17. The van der Waals surface area contributed by atoms with Crippen LogP contribution < -0.4 is 0 Å². The number of fused-ring (bicyclic) bond motifs is 1. The van der Waals surface area contributed by atoms with Gasteiger partial charge < -0.3 is 29.2 Å². The average molecular weight is 408 g/mol. The fourth-order valence-corrected chi connectivity index (χ4v) is 8.17. The van der Waals surface area contributed by atoms with Crippen LogP contribution in [-0.2, 0) is 33.3 Å². The summed E-state index contributed by atoms with van der Waals surface area (Å²) in [5, 5.41) is 22.9. The molecule has 4 aliphatic heterocycles. The summed E-state index contributed by atoms with van der Waals surface area (Å²) in [6.45, 7) is 5.95. The number of hydrogen-bond acceptors (Lipinski definition) is 9. The molecule has 2 aliphatic carbocycles. The number of hydrogen-bond donors (Lipinski definition) is 2. The largest absolute Gasteiger partial charge is 0.461 e. The van der Waals surface area contributed by atoms with E-state index < -0.39 is 76.4 Å². The predicted octanol–water partition coefficient (Wildman–Crippen LogP) is -0.340. The van der Waals surface area contributed by atoms with Gasteiger partial charge in [0, 0.05) is 5.92 Å². The summed E-state index contributed by atoms with van der Waals surface area (Å²) in [6.07, 6.45) is -5.40. The SMILES string of the molecule is CC(C)(C)C1CC2OC(=O)CC34OC5OC(=O)C(O)C51C23C(O)C1OC(=O)CC14.